The Morgan fingerprint density at radius 3 is 2.89 bits per heavy atom. The van der Waals surface area contributed by atoms with E-state index in [4.69, 9.17) is 4.74 Å². The van der Waals surface area contributed by atoms with E-state index in [0.717, 1.165) is 18.4 Å². The van der Waals surface area contributed by atoms with E-state index >= 15 is 0 Å². The Morgan fingerprint density at radius 1 is 1.28 bits per heavy atom. The minimum atomic E-state index is 0.361. The van der Waals surface area contributed by atoms with Gasteiger partial charge >= 0.3 is 0 Å². The summed E-state index contributed by atoms with van der Waals surface area (Å²) in [4.78, 5) is 0. The first kappa shape index (κ1) is 12.7. The normalized spacial score (nSPS) is 23.4. The summed E-state index contributed by atoms with van der Waals surface area (Å²) >= 11 is 0. The van der Waals surface area contributed by atoms with Crippen LogP contribution in [0.3, 0.4) is 0 Å². The summed E-state index contributed by atoms with van der Waals surface area (Å²) in [5, 5.41) is 9.89. The van der Waals surface area contributed by atoms with Gasteiger partial charge in [-0.1, -0.05) is 30.4 Å². The minimum Gasteiger partial charge on any atom is -0.508 e. The summed E-state index contributed by atoms with van der Waals surface area (Å²) in [6.07, 6.45) is 17.8. The van der Waals surface area contributed by atoms with Gasteiger partial charge in [0.1, 0.15) is 5.76 Å². The molecular weight excluding hydrogens is 224 g/mol. The number of aliphatic hydroxyl groups is 1. The average Bonchev–Trinajstić information content (AvgIpc) is 2.41. The molecule has 0 spiro atoms. The molecule has 0 amide bonds. The third kappa shape index (κ3) is 3.34. The summed E-state index contributed by atoms with van der Waals surface area (Å²) in [7, 11) is 1.68. The van der Waals surface area contributed by atoms with Crippen LogP contribution in [0.1, 0.15) is 12.8 Å². The highest BCUT2D eigenvalue weighted by Gasteiger charge is 2.08. The lowest BCUT2D eigenvalue weighted by Gasteiger charge is -2.12. The first-order valence-corrected chi connectivity index (χ1v) is 6.12. The zero-order valence-corrected chi connectivity index (χ0v) is 10.6. The number of methoxy groups -OCH3 is 1. The second-order valence-corrected chi connectivity index (χ2v) is 4.34. The molecule has 1 N–H and O–H groups in total. The SMILES string of the molecule is COCC=C1C=C(C=C2C=CC=CC2)C(O)=CC1. The van der Waals surface area contributed by atoms with Crippen LogP contribution in [-0.4, -0.2) is 18.8 Å². The summed E-state index contributed by atoms with van der Waals surface area (Å²) in [6, 6.07) is 0. The number of hydrogen-bond acceptors (Lipinski definition) is 2. The van der Waals surface area contributed by atoms with Gasteiger partial charge in [-0.3, -0.25) is 0 Å². The molecule has 0 aromatic rings. The van der Waals surface area contributed by atoms with Gasteiger partial charge < -0.3 is 9.84 Å². The Labute approximate surface area is 108 Å². The van der Waals surface area contributed by atoms with Crippen LogP contribution in [-0.2, 0) is 4.74 Å². The van der Waals surface area contributed by atoms with Crippen molar-refractivity contribution in [2.45, 2.75) is 12.8 Å². The molecule has 0 saturated carbocycles. The molecule has 2 heteroatoms. The molecule has 2 aliphatic carbocycles. The van der Waals surface area contributed by atoms with E-state index in [1.807, 2.05) is 36.5 Å². The van der Waals surface area contributed by atoms with Gasteiger partial charge in [0.05, 0.1) is 6.61 Å². The molecule has 2 aliphatic rings. The molecule has 2 rings (SSSR count). The summed E-state index contributed by atoms with van der Waals surface area (Å²) in [6.45, 7) is 0.604. The maximum Gasteiger partial charge on any atom is 0.119 e. The zero-order valence-electron chi connectivity index (χ0n) is 10.6. The molecule has 0 saturated heterocycles. The number of hydrogen-bond donors (Lipinski definition) is 1. The van der Waals surface area contributed by atoms with Gasteiger partial charge in [-0.2, -0.15) is 0 Å². The van der Waals surface area contributed by atoms with Gasteiger partial charge in [0, 0.05) is 12.7 Å². The molecule has 2 nitrogen and oxygen atoms in total. The van der Waals surface area contributed by atoms with Crippen molar-refractivity contribution in [2.75, 3.05) is 13.7 Å². The molecule has 0 radical (unpaired) electrons. The third-order valence-electron chi connectivity index (χ3n) is 2.93. The van der Waals surface area contributed by atoms with E-state index in [2.05, 4.69) is 12.2 Å². The molecule has 0 aromatic carbocycles. The van der Waals surface area contributed by atoms with Crippen molar-refractivity contribution in [1.82, 2.24) is 0 Å². The predicted molar refractivity (Wildman–Crippen MR) is 74.4 cm³/mol. The monoisotopic (exact) mass is 242 g/mol. The molecule has 0 fully saturated rings. The van der Waals surface area contributed by atoms with Crippen LogP contribution in [0, 0.1) is 0 Å². The summed E-state index contributed by atoms with van der Waals surface area (Å²) in [5.74, 6) is 0.361. The van der Waals surface area contributed by atoms with Gasteiger partial charge in [0.15, 0.2) is 0 Å². The lowest BCUT2D eigenvalue weighted by atomic mass is 9.96. The molecule has 0 unspecified atom stereocenters. The Morgan fingerprint density at radius 2 is 2.17 bits per heavy atom. The fourth-order valence-electron chi connectivity index (χ4n) is 1.95. The first-order chi connectivity index (χ1) is 8.79. The molecular formula is C16H18O2. The Hall–Kier alpha value is -1.80. The van der Waals surface area contributed by atoms with Crippen molar-refractivity contribution >= 4 is 0 Å². The Bertz CT molecular complexity index is 485. The summed E-state index contributed by atoms with van der Waals surface area (Å²) in [5.41, 5.74) is 3.26. The van der Waals surface area contributed by atoms with E-state index in [1.54, 1.807) is 7.11 Å². The number of ether oxygens (including phenoxy) is 1. The Kier molecular flexibility index (Phi) is 4.37. The van der Waals surface area contributed by atoms with E-state index in [1.165, 1.54) is 11.1 Å². The lowest BCUT2D eigenvalue weighted by molar-refractivity contribution is 0.233. The topological polar surface area (TPSA) is 29.5 Å². The van der Waals surface area contributed by atoms with Crippen LogP contribution in [0.2, 0.25) is 0 Å². The van der Waals surface area contributed by atoms with E-state index in [-0.39, 0.29) is 0 Å². The quantitative estimate of drug-likeness (QED) is 0.816. The van der Waals surface area contributed by atoms with Crippen molar-refractivity contribution in [3.8, 4) is 0 Å². The van der Waals surface area contributed by atoms with Crippen molar-refractivity contribution in [1.29, 1.82) is 0 Å². The second-order valence-electron chi connectivity index (χ2n) is 4.34. The molecule has 0 heterocycles. The largest absolute Gasteiger partial charge is 0.508 e. The van der Waals surface area contributed by atoms with Crippen LogP contribution >= 0.6 is 0 Å². The molecule has 0 aromatic heterocycles. The maximum absolute atomic E-state index is 9.89. The fraction of sp³-hybridized carbons (Fsp3) is 0.250. The molecule has 0 bridgehead atoms. The number of rotatable bonds is 3. The average molecular weight is 242 g/mol. The predicted octanol–water partition coefficient (Wildman–Crippen LogP) is 3.77. The zero-order chi connectivity index (χ0) is 12.8. The minimum absolute atomic E-state index is 0.361. The van der Waals surface area contributed by atoms with Gasteiger partial charge in [-0.15, -0.1) is 0 Å². The molecule has 94 valence electrons. The van der Waals surface area contributed by atoms with E-state index < -0.39 is 0 Å². The first-order valence-electron chi connectivity index (χ1n) is 6.12. The molecule has 0 atom stereocenters. The van der Waals surface area contributed by atoms with Crippen LogP contribution < -0.4 is 0 Å². The lowest BCUT2D eigenvalue weighted by Crippen LogP contribution is -1.97. The van der Waals surface area contributed by atoms with Gasteiger partial charge in [0.2, 0.25) is 0 Å². The van der Waals surface area contributed by atoms with Crippen molar-refractivity contribution in [3.63, 3.8) is 0 Å². The van der Waals surface area contributed by atoms with Crippen molar-refractivity contribution < 1.29 is 9.84 Å². The van der Waals surface area contributed by atoms with Crippen LogP contribution in [0.25, 0.3) is 0 Å². The highest BCUT2D eigenvalue weighted by molar-refractivity contribution is 5.49. The third-order valence-corrected chi connectivity index (χ3v) is 2.93. The van der Waals surface area contributed by atoms with E-state index in [9.17, 15) is 5.11 Å². The van der Waals surface area contributed by atoms with Crippen molar-refractivity contribution in [3.05, 3.63) is 71.1 Å². The van der Waals surface area contributed by atoms with Gasteiger partial charge in [-0.05, 0) is 42.2 Å². The highest BCUT2D eigenvalue weighted by Crippen LogP contribution is 2.24. The molecule has 18 heavy (non-hydrogen) atoms. The summed E-state index contributed by atoms with van der Waals surface area (Å²) < 4.78 is 5.03. The second kappa shape index (κ2) is 6.22. The van der Waals surface area contributed by atoms with Crippen LogP contribution in [0.4, 0.5) is 0 Å². The smallest absolute Gasteiger partial charge is 0.119 e. The standard InChI is InChI=1S/C16H18O2/c1-18-10-9-14-7-8-16(17)15(12-14)11-13-5-3-2-4-6-13/h2-5,8-9,11-12,17H,6-7,10H2,1H3. The van der Waals surface area contributed by atoms with Gasteiger partial charge in [-0.25, -0.2) is 0 Å². The van der Waals surface area contributed by atoms with Crippen LogP contribution in [0.15, 0.2) is 71.1 Å². The molecule has 0 aliphatic heterocycles. The van der Waals surface area contributed by atoms with Gasteiger partial charge in [0.25, 0.3) is 0 Å². The number of aliphatic hydroxyl groups excluding tert-OH is 1. The maximum atomic E-state index is 9.89. The fourth-order valence-corrected chi connectivity index (χ4v) is 1.95. The van der Waals surface area contributed by atoms with Crippen LogP contribution in [0.5, 0.6) is 0 Å². The highest BCUT2D eigenvalue weighted by atomic mass is 16.5. The Balaban J connectivity index is 2.18. The van der Waals surface area contributed by atoms with E-state index in [0.29, 0.717) is 12.4 Å². The number of allylic oxidation sites excluding steroid dienone is 9. The van der Waals surface area contributed by atoms with Crippen molar-refractivity contribution in [2.24, 2.45) is 0 Å².